The van der Waals surface area contributed by atoms with Crippen molar-refractivity contribution in [1.29, 1.82) is 0 Å². The Morgan fingerprint density at radius 2 is 2.38 bits per heavy atom. The third-order valence-electron chi connectivity index (χ3n) is 4.37. The molecule has 0 bridgehead atoms. The van der Waals surface area contributed by atoms with Crippen LogP contribution in [0, 0.1) is 11.8 Å². The highest BCUT2D eigenvalue weighted by atomic mass is 32.2. The van der Waals surface area contributed by atoms with Crippen molar-refractivity contribution in [3.8, 4) is 0 Å². The van der Waals surface area contributed by atoms with Crippen LogP contribution in [0.3, 0.4) is 0 Å². The van der Waals surface area contributed by atoms with Gasteiger partial charge in [-0.25, -0.2) is 0 Å². The number of rotatable bonds is 3. The summed E-state index contributed by atoms with van der Waals surface area (Å²) in [4.78, 5) is 0. The normalized spacial score (nSPS) is 38.8. The summed E-state index contributed by atoms with van der Waals surface area (Å²) in [5.74, 6) is 3.49. The Kier molecular flexibility index (Phi) is 4.20. The fraction of sp³-hybridized carbons (Fsp3) is 1.00. The SMILES string of the molecule is CCC(O)C(C)C1CCOC2(CCSC2)C1. The van der Waals surface area contributed by atoms with Crippen molar-refractivity contribution in [1.82, 2.24) is 0 Å². The Hall–Kier alpha value is 0.270. The third-order valence-corrected chi connectivity index (χ3v) is 5.59. The average molecular weight is 244 g/mol. The minimum absolute atomic E-state index is 0.130. The van der Waals surface area contributed by atoms with E-state index >= 15 is 0 Å². The molecule has 1 spiro atoms. The van der Waals surface area contributed by atoms with Crippen molar-refractivity contribution in [3.05, 3.63) is 0 Å². The van der Waals surface area contributed by atoms with Gasteiger partial charge in [-0.05, 0) is 43.3 Å². The Morgan fingerprint density at radius 3 is 3.00 bits per heavy atom. The lowest BCUT2D eigenvalue weighted by Gasteiger charge is -2.41. The molecule has 0 aromatic carbocycles. The second kappa shape index (κ2) is 5.28. The molecule has 0 aliphatic carbocycles. The lowest BCUT2D eigenvalue weighted by atomic mass is 9.76. The summed E-state index contributed by atoms with van der Waals surface area (Å²) in [6.07, 6.45) is 4.25. The first kappa shape index (κ1) is 12.7. The molecule has 0 saturated carbocycles. The summed E-state index contributed by atoms with van der Waals surface area (Å²) in [6, 6.07) is 0. The zero-order valence-corrected chi connectivity index (χ0v) is 11.3. The van der Waals surface area contributed by atoms with Crippen LogP contribution in [0.2, 0.25) is 0 Å². The smallest absolute Gasteiger partial charge is 0.0783 e. The Balaban J connectivity index is 1.95. The molecule has 2 aliphatic rings. The molecule has 0 amide bonds. The van der Waals surface area contributed by atoms with Gasteiger partial charge in [-0.3, -0.25) is 0 Å². The van der Waals surface area contributed by atoms with E-state index in [9.17, 15) is 5.11 Å². The summed E-state index contributed by atoms with van der Waals surface area (Å²) in [6.45, 7) is 5.17. The number of ether oxygens (including phenoxy) is 1. The van der Waals surface area contributed by atoms with E-state index in [4.69, 9.17) is 4.74 Å². The fourth-order valence-electron chi connectivity index (χ4n) is 3.06. The predicted molar refractivity (Wildman–Crippen MR) is 68.8 cm³/mol. The molecule has 0 aromatic heterocycles. The van der Waals surface area contributed by atoms with E-state index in [1.165, 1.54) is 17.9 Å². The van der Waals surface area contributed by atoms with Crippen molar-refractivity contribution >= 4 is 11.8 Å². The average Bonchev–Trinajstić information content (AvgIpc) is 2.75. The van der Waals surface area contributed by atoms with E-state index in [2.05, 4.69) is 13.8 Å². The topological polar surface area (TPSA) is 29.5 Å². The zero-order valence-electron chi connectivity index (χ0n) is 10.4. The van der Waals surface area contributed by atoms with Gasteiger partial charge < -0.3 is 9.84 Å². The minimum Gasteiger partial charge on any atom is -0.393 e. The molecule has 0 aromatic rings. The highest BCUT2D eigenvalue weighted by Crippen LogP contribution is 2.43. The summed E-state index contributed by atoms with van der Waals surface area (Å²) in [7, 11) is 0. The Labute approximate surface area is 103 Å². The van der Waals surface area contributed by atoms with E-state index in [-0.39, 0.29) is 11.7 Å². The molecule has 2 fully saturated rings. The molecule has 94 valence electrons. The van der Waals surface area contributed by atoms with Gasteiger partial charge in [0.25, 0.3) is 0 Å². The van der Waals surface area contributed by atoms with Gasteiger partial charge in [0.2, 0.25) is 0 Å². The lowest BCUT2D eigenvalue weighted by Crippen LogP contribution is -2.43. The number of aliphatic hydroxyl groups is 1. The summed E-state index contributed by atoms with van der Waals surface area (Å²) >= 11 is 2.02. The minimum atomic E-state index is -0.130. The molecule has 0 radical (unpaired) electrons. The number of hydrogen-bond acceptors (Lipinski definition) is 3. The molecule has 2 heterocycles. The molecular formula is C13H24O2S. The van der Waals surface area contributed by atoms with Crippen LogP contribution in [0.1, 0.15) is 39.5 Å². The maximum absolute atomic E-state index is 9.96. The van der Waals surface area contributed by atoms with Gasteiger partial charge in [-0.1, -0.05) is 13.8 Å². The van der Waals surface area contributed by atoms with Crippen LogP contribution in [0.5, 0.6) is 0 Å². The maximum Gasteiger partial charge on any atom is 0.0783 e. The van der Waals surface area contributed by atoms with Crippen LogP contribution >= 0.6 is 11.8 Å². The maximum atomic E-state index is 9.96. The van der Waals surface area contributed by atoms with Gasteiger partial charge in [-0.15, -0.1) is 0 Å². The third kappa shape index (κ3) is 2.57. The highest BCUT2D eigenvalue weighted by Gasteiger charge is 2.42. The van der Waals surface area contributed by atoms with Gasteiger partial charge in [0.1, 0.15) is 0 Å². The van der Waals surface area contributed by atoms with Gasteiger partial charge in [0, 0.05) is 12.4 Å². The predicted octanol–water partition coefficient (Wildman–Crippen LogP) is 2.70. The molecule has 16 heavy (non-hydrogen) atoms. The molecule has 3 heteroatoms. The van der Waals surface area contributed by atoms with E-state index in [1.54, 1.807) is 0 Å². The summed E-state index contributed by atoms with van der Waals surface area (Å²) in [5.41, 5.74) is 0.162. The Bertz CT molecular complexity index is 226. The lowest BCUT2D eigenvalue weighted by molar-refractivity contribution is -0.0976. The van der Waals surface area contributed by atoms with Gasteiger partial charge in [0.15, 0.2) is 0 Å². The quantitative estimate of drug-likeness (QED) is 0.827. The Morgan fingerprint density at radius 1 is 1.56 bits per heavy atom. The second-order valence-corrected chi connectivity index (χ2v) is 6.53. The zero-order chi connectivity index (χ0) is 11.6. The van der Waals surface area contributed by atoms with Crippen molar-refractivity contribution in [2.75, 3.05) is 18.1 Å². The van der Waals surface area contributed by atoms with Crippen LogP contribution in [-0.2, 0) is 4.74 Å². The first-order valence-electron chi connectivity index (χ1n) is 6.56. The largest absolute Gasteiger partial charge is 0.393 e. The first-order chi connectivity index (χ1) is 7.67. The van der Waals surface area contributed by atoms with Gasteiger partial charge in [0.05, 0.1) is 11.7 Å². The van der Waals surface area contributed by atoms with Crippen LogP contribution in [0.15, 0.2) is 0 Å². The number of thioether (sulfide) groups is 1. The first-order valence-corrected chi connectivity index (χ1v) is 7.72. The van der Waals surface area contributed by atoms with E-state index in [0.29, 0.717) is 11.8 Å². The molecular weight excluding hydrogens is 220 g/mol. The monoisotopic (exact) mass is 244 g/mol. The molecule has 4 unspecified atom stereocenters. The van der Waals surface area contributed by atoms with Crippen LogP contribution in [0.25, 0.3) is 0 Å². The molecule has 2 aliphatic heterocycles. The van der Waals surface area contributed by atoms with Crippen LogP contribution in [0.4, 0.5) is 0 Å². The number of hydrogen-bond donors (Lipinski definition) is 1. The van der Waals surface area contributed by atoms with Crippen LogP contribution < -0.4 is 0 Å². The van der Waals surface area contributed by atoms with Crippen molar-refractivity contribution in [2.24, 2.45) is 11.8 Å². The highest BCUT2D eigenvalue weighted by molar-refractivity contribution is 7.99. The van der Waals surface area contributed by atoms with Gasteiger partial charge >= 0.3 is 0 Å². The molecule has 2 nitrogen and oxygen atoms in total. The van der Waals surface area contributed by atoms with Gasteiger partial charge in [-0.2, -0.15) is 11.8 Å². The molecule has 4 atom stereocenters. The molecule has 1 N–H and O–H groups in total. The fourth-order valence-corrected chi connectivity index (χ4v) is 4.44. The number of aliphatic hydroxyl groups excluding tert-OH is 1. The standard InChI is InChI=1S/C13H24O2S/c1-3-12(14)10(2)11-4-6-15-13(8-11)5-7-16-9-13/h10-12,14H,3-9H2,1-2H3. The van der Waals surface area contributed by atoms with E-state index in [1.807, 2.05) is 11.8 Å². The van der Waals surface area contributed by atoms with Crippen molar-refractivity contribution in [3.63, 3.8) is 0 Å². The van der Waals surface area contributed by atoms with E-state index in [0.717, 1.165) is 25.9 Å². The summed E-state index contributed by atoms with van der Waals surface area (Å²) in [5, 5.41) is 9.96. The van der Waals surface area contributed by atoms with Crippen molar-refractivity contribution < 1.29 is 9.84 Å². The summed E-state index contributed by atoms with van der Waals surface area (Å²) < 4.78 is 6.02. The van der Waals surface area contributed by atoms with E-state index < -0.39 is 0 Å². The molecule has 2 rings (SSSR count). The van der Waals surface area contributed by atoms with Crippen LogP contribution in [-0.4, -0.2) is 34.9 Å². The molecule has 2 saturated heterocycles. The van der Waals surface area contributed by atoms with Crippen molar-refractivity contribution in [2.45, 2.75) is 51.2 Å². The second-order valence-electron chi connectivity index (χ2n) is 5.42.